The lowest BCUT2D eigenvalue weighted by molar-refractivity contribution is -0.137. The highest BCUT2D eigenvalue weighted by Crippen LogP contribution is 2.33. The normalized spacial score (nSPS) is 19.1. The van der Waals surface area contributed by atoms with E-state index in [4.69, 9.17) is 0 Å². The zero-order valence-corrected chi connectivity index (χ0v) is 11.2. The van der Waals surface area contributed by atoms with Crippen molar-refractivity contribution in [3.05, 3.63) is 29.6 Å². The smallest absolute Gasteiger partial charge is 0.301 e. The van der Waals surface area contributed by atoms with Crippen LogP contribution < -0.4 is 0 Å². The topological polar surface area (TPSA) is 16.1 Å². The second kappa shape index (κ2) is 5.49. The summed E-state index contributed by atoms with van der Waals surface area (Å²) in [7, 11) is 0. The van der Waals surface area contributed by atoms with E-state index in [1.54, 1.807) is 0 Å². The fourth-order valence-corrected chi connectivity index (χ4v) is 2.56. The summed E-state index contributed by atoms with van der Waals surface area (Å²) in [6.07, 6.45) is -1.25. The van der Waals surface area contributed by atoms with Crippen LogP contribution in [-0.4, -0.2) is 29.0 Å². The summed E-state index contributed by atoms with van der Waals surface area (Å²) in [5.41, 5.74) is -0.0120. The number of halogens is 3. The van der Waals surface area contributed by atoms with Gasteiger partial charge in [0, 0.05) is 23.9 Å². The van der Waals surface area contributed by atoms with Gasteiger partial charge in [-0.05, 0) is 51.9 Å². The summed E-state index contributed by atoms with van der Waals surface area (Å²) >= 11 is 0. The van der Waals surface area contributed by atoms with Crippen LogP contribution in [0, 0.1) is 0 Å². The Balaban J connectivity index is 2.08. The molecule has 0 radical (unpaired) electrons. The zero-order valence-electron chi connectivity index (χ0n) is 11.2. The van der Waals surface area contributed by atoms with Crippen molar-refractivity contribution in [2.24, 2.45) is 0 Å². The van der Waals surface area contributed by atoms with Crippen LogP contribution >= 0.6 is 0 Å². The molecule has 2 heterocycles. The molecule has 2 rings (SSSR count). The van der Waals surface area contributed by atoms with Crippen LogP contribution in [0.2, 0.25) is 0 Å². The van der Waals surface area contributed by atoms with Crippen molar-refractivity contribution in [2.45, 2.75) is 44.8 Å². The first-order valence-corrected chi connectivity index (χ1v) is 6.65. The van der Waals surface area contributed by atoms with Crippen LogP contribution in [0.15, 0.2) is 18.3 Å². The molecule has 1 aromatic rings. The first-order valence-electron chi connectivity index (χ1n) is 6.65. The minimum Gasteiger partial charge on any atom is -0.301 e. The molecule has 5 heteroatoms. The molecule has 0 N–H and O–H groups in total. The average molecular weight is 272 g/mol. The summed E-state index contributed by atoms with van der Waals surface area (Å²) in [5, 5.41) is 0. The number of piperidine rings is 1. The third-order valence-corrected chi connectivity index (χ3v) is 3.79. The van der Waals surface area contributed by atoms with Crippen LogP contribution in [-0.2, 0) is 6.18 Å². The monoisotopic (exact) mass is 272 g/mol. The van der Waals surface area contributed by atoms with Crippen LogP contribution in [0.5, 0.6) is 0 Å². The van der Waals surface area contributed by atoms with E-state index in [9.17, 15) is 13.2 Å². The molecule has 1 aliphatic heterocycles. The molecule has 19 heavy (non-hydrogen) atoms. The van der Waals surface area contributed by atoms with Gasteiger partial charge in [0.25, 0.3) is 0 Å². The van der Waals surface area contributed by atoms with Gasteiger partial charge in [0.1, 0.15) is 0 Å². The van der Waals surface area contributed by atoms with Gasteiger partial charge in [0.05, 0.1) is 5.56 Å². The number of pyridine rings is 1. The molecule has 0 amide bonds. The van der Waals surface area contributed by atoms with Crippen LogP contribution in [0.4, 0.5) is 13.2 Å². The summed E-state index contributed by atoms with van der Waals surface area (Å²) < 4.78 is 38.0. The summed E-state index contributed by atoms with van der Waals surface area (Å²) in [6.45, 7) is 6.15. The molecule has 1 aliphatic rings. The number of nitrogens with zero attached hydrogens (tertiary/aromatic N) is 2. The van der Waals surface area contributed by atoms with Gasteiger partial charge in [-0.3, -0.25) is 4.98 Å². The highest BCUT2D eigenvalue weighted by molar-refractivity contribution is 5.22. The first kappa shape index (κ1) is 14.3. The van der Waals surface area contributed by atoms with E-state index in [1.165, 1.54) is 12.3 Å². The molecule has 0 atom stereocenters. The minimum absolute atomic E-state index is 0.150. The summed E-state index contributed by atoms with van der Waals surface area (Å²) in [6, 6.07) is 2.73. The van der Waals surface area contributed by atoms with Gasteiger partial charge in [-0.1, -0.05) is 0 Å². The molecule has 1 aromatic heterocycles. The minimum atomic E-state index is -4.28. The lowest BCUT2D eigenvalue weighted by atomic mass is 9.92. The molecule has 2 nitrogen and oxygen atoms in total. The molecule has 1 fully saturated rings. The van der Waals surface area contributed by atoms with Crippen molar-refractivity contribution in [1.82, 2.24) is 9.88 Å². The van der Waals surface area contributed by atoms with Crippen molar-refractivity contribution in [3.8, 4) is 0 Å². The van der Waals surface area contributed by atoms with Gasteiger partial charge < -0.3 is 4.90 Å². The lowest BCUT2D eigenvalue weighted by Crippen LogP contribution is -2.38. The van der Waals surface area contributed by atoms with E-state index >= 15 is 0 Å². The predicted octanol–water partition coefficient (Wildman–Crippen LogP) is 3.69. The van der Waals surface area contributed by atoms with Crippen LogP contribution in [0.1, 0.15) is 43.9 Å². The van der Waals surface area contributed by atoms with Gasteiger partial charge in [-0.25, -0.2) is 0 Å². The van der Waals surface area contributed by atoms with Gasteiger partial charge in [0.2, 0.25) is 0 Å². The molecule has 0 unspecified atom stereocenters. The van der Waals surface area contributed by atoms with Crippen molar-refractivity contribution in [1.29, 1.82) is 0 Å². The number of hydrogen-bond acceptors (Lipinski definition) is 2. The zero-order chi connectivity index (χ0) is 14.0. The van der Waals surface area contributed by atoms with Crippen molar-refractivity contribution < 1.29 is 13.2 Å². The third-order valence-electron chi connectivity index (χ3n) is 3.79. The Kier molecular flexibility index (Phi) is 4.13. The van der Waals surface area contributed by atoms with E-state index in [1.807, 2.05) is 0 Å². The lowest BCUT2D eigenvalue weighted by Gasteiger charge is -2.34. The quantitative estimate of drug-likeness (QED) is 0.816. The standard InChI is InChI=1S/C14H19F3N2/c1-10(2)19-7-4-11(5-8-19)13-9-12(3-6-18-13)14(15,16)17/h3,6,9-11H,4-5,7-8H2,1-2H3. The Morgan fingerprint density at radius 2 is 1.89 bits per heavy atom. The molecular weight excluding hydrogens is 253 g/mol. The Labute approximate surface area is 111 Å². The summed E-state index contributed by atoms with van der Waals surface area (Å²) in [5.74, 6) is 0.150. The molecule has 0 aromatic carbocycles. The van der Waals surface area contributed by atoms with Crippen molar-refractivity contribution in [2.75, 3.05) is 13.1 Å². The molecule has 0 bridgehead atoms. The summed E-state index contributed by atoms with van der Waals surface area (Å²) in [4.78, 5) is 6.48. The van der Waals surface area contributed by atoms with Gasteiger partial charge in [-0.2, -0.15) is 13.2 Å². The molecule has 106 valence electrons. The highest BCUT2D eigenvalue weighted by Gasteiger charge is 2.32. The number of likely N-dealkylation sites (tertiary alicyclic amines) is 1. The van der Waals surface area contributed by atoms with Crippen molar-refractivity contribution >= 4 is 0 Å². The van der Waals surface area contributed by atoms with Gasteiger partial charge >= 0.3 is 6.18 Å². The Bertz CT molecular complexity index is 421. The SMILES string of the molecule is CC(C)N1CCC(c2cc(C(F)(F)F)ccn2)CC1. The molecule has 0 saturated carbocycles. The van der Waals surface area contributed by atoms with Crippen LogP contribution in [0.25, 0.3) is 0 Å². The number of aromatic nitrogens is 1. The fraction of sp³-hybridized carbons (Fsp3) is 0.643. The highest BCUT2D eigenvalue weighted by atomic mass is 19.4. The number of alkyl halides is 3. The molecule has 0 spiro atoms. The first-order chi connectivity index (χ1) is 8.88. The van der Waals surface area contributed by atoms with E-state index in [0.29, 0.717) is 11.7 Å². The van der Waals surface area contributed by atoms with E-state index < -0.39 is 11.7 Å². The molecule has 1 saturated heterocycles. The Morgan fingerprint density at radius 1 is 1.26 bits per heavy atom. The van der Waals surface area contributed by atoms with Crippen LogP contribution in [0.3, 0.4) is 0 Å². The van der Waals surface area contributed by atoms with E-state index in [0.717, 1.165) is 32.0 Å². The fourth-order valence-electron chi connectivity index (χ4n) is 2.56. The van der Waals surface area contributed by atoms with Gasteiger partial charge in [0.15, 0.2) is 0 Å². The maximum atomic E-state index is 12.7. The Morgan fingerprint density at radius 3 is 2.42 bits per heavy atom. The van der Waals surface area contributed by atoms with Crippen molar-refractivity contribution in [3.63, 3.8) is 0 Å². The number of hydrogen-bond donors (Lipinski definition) is 0. The molecule has 0 aliphatic carbocycles. The second-order valence-corrected chi connectivity index (χ2v) is 5.37. The predicted molar refractivity (Wildman–Crippen MR) is 67.9 cm³/mol. The maximum Gasteiger partial charge on any atom is 0.416 e. The van der Waals surface area contributed by atoms with E-state index in [-0.39, 0.29) is 5.92 Å². The second-order valence-electron chi connectivity index (χ2n) is 5.37. The average Bonchev–Trinajstić information content (AvgIpc) is 2.38. The van der Waals surface area contributed by atoms with E-state index in [2.05, 4.69) is 23.7 Å². The third kappa shape index (κ3) is 3.47. The maximum absolute atomic E-state index is 12.7. The largest absolute Gasteiger partial charge is 0.416 e. The Hall–Kier alpha value is -1.10. The van der Waals surface area contributed by atoms with Gasteiger partial charge in [-0.15, -0.1) is 0 Å². The molecular formula is C14H19F3N2. The number of rotatable bonds is 2.